The number of fused-ring (bicyclic) bond motifs is 2. The van der Waals surface area contributed by atoms with Crippen LogP contribution in [0.15, 0.2) is 40.9 Å². The lowest BCUT2D eigenvalue weighted by atomic mass is 9.99. The van der Waals surface area contributed by atoms with Crippen LogP contribution in [0.25, 0.3) is 11.3 Å². The summed E-state index contributed by atoms with van der Waals surface area (Å²) in [7, 11) is -3.20. The molecule has 8 heteroatoms. The number of carbonyl (C=O) groups is 1. The predicted octanol–water partition coefficient (Wildman–Crippen LogP) is 2.03. The summed E-state index contributed by atoms with van der Waals surface area (Å²) in [5, 5.41) is 6.86. The minimum absolute atomic E-state index is 0.0220. The quantitative estimate of drug-likeness (QED) is 0.883. The van der Waals surface area contributed by atoms with Gasteiger partial charge in [-0.05, 0) is 25.7 Å². The van der Waals surface area contributed by atoms with Gasteiger partial charge in [0, 0.05) is 29.8 Å². The van der Waals surface area contributed by atoms with Crippen LogP contribution in [-0.4, -0.2) is 48.2 Å². The molecule has 1 aromatic heterocycles. The second-order valence-corrected chi connectivity index (χ2v) is 8.95. The Morgan fingerprint density at radius 3 is 2.46 bits per heavy atom. The van der Waals surface area contributed by atoms with Gasteiger partial charge in [-0.3, -0.25) is 4.79 Å². The normalized spacial score (nSPS) is 26.0. The number of carbonyl (C=O) groups excluding carboxylic acids is 1. The number of nitrogens with one attached hydrogen (secondary N) is 1. The first-order valence-electron chi connectivity index (χ1n) is 8.73. The number of rotatable bonds is 4. The molecule has 0 saturated carbocycles. The first kappa shape index (κ1) is 17.2. The Morgan fingerprint density at radius 2 is 1.85 bits per heavy atom. The molecule has 2 aliphatic heterocycles. The van der Waals surface area contributed by atoms with E-state index in [1.165, 1.54) is 6.26 Å². The van der Waals surface area contributed by atoms with E-state index in [-0.39, 0.29) is 29.7 Å². The molecule has 0 aliphatic carbocycles. The van der Waals surface area contributed by atoms with Gasteiger partial charge in [-0.25, -0.2) is 8.42 Å². The van der Waals surface area contributed by atoms with Crippen molar-refractivity contribution in [2.24, 2.45) is 0 Å². The fraction of sp³-hybridized carbons (Fsp3) is 0.444. The molecule has 2 unspecified atom stereocenters. The average molecular weight is 375 g/mol. The molecular weight excluding hydrogens is 354 g/mol. The maximum absolute atomic E-state index is 12.5. The highest BCUT2D eigenvalue weighted by molar-refractivity contribution is 7.88. The summed E-state index contributed by atoms with van der Waals surface area (Å²) in [6, 6.07) is 11.0. The monoisotopic (exact) mass is 375 g/mol. The number of amides is 1. The molecule has 1 amide bonds. The molecule has 2 bridgehead atoms. The van der Waals surface area contributed by atoms with Crippen molar-refractivity contribution in [3.63, 3.8) is 0 Å². The van der Waals surface area contributed by atoms with E-state index in [2.05, 4.69) is 10.5 Å². The molecule has 0 radical (unpaired) electrons. The smallest absolute Gasteiger partial charge is 0.273 e. The Balaban J connectivity index is 1.43. The molecule has 7 nitrogen and oxygen atoms in total. The minimum atomic E-state index is -3.20. The summed E-state index contributed by atoms with van der Waals surface area (Å²) in [5.74, 6) is 0.260. The first-order chi connectivity index (χ1) is 12.4. The average Bonchev–Trinajstić information content (AvgIpc) is 3.19. The van der Waals surface area contributed by atoms with Crippen molar-refractivity contribution in [2.75, 3.05) is 6.26 Å². The van der Waals surface area contributed by atoms with Gasteiger partial charge in [0.25, 0.3) is 5.91 Å². The zero-order valence-electron chi connectivity index (χ0n) is 14.5. The molecule has 2 aliphatic rings. The standard InChI is InChI=1S/C18H21N3O4S/c1-26(23,24)21-14-7-8-15(21)10-13(9-14)19-18(22)16-11-17(25-20-16)12-5-3-2-4-6-12/h2-6,11,13-15H,7-10H2,1H3,(H,19,22). The lowest BCUT2D eigenvalue weighted by Crippen LogP contribution is -2.52. The van der Waals surface area contributed by atoms with E-state index in [4.69, 9.17) is 4.52 Å². The molecule has 2 saturated heterocycles. The molecule has 2 atom stereocenters. The van der Waals surface area contributed by atoms with E-state index >= 15 is 0 Å². The lowest BCUT2D eigenvalue weighted by Gasteiger charge is -2.37. The van der Waals surface area contributed by atoms with Crippen LogP contribution in [0, 0.1) is 0 Å². The second-order valence-electron chi connectivity index (χ2n) is 7.06. The molecule has 2 fully saturated rings. The summed E-state index contributed by atoms with van der Waals surface area (Å²) < 4.78 is 30.8. The van der Waals surface area contributed by atoms with Crippen LogP contribution in [0.3, 0.4) is 0 Å². The van der Waals surface area contributed by atoms with Gasteiger partial charge in [-0.1, -0.05) is 35.5 Å². The number of hydrogen-bond donors (Lipinski definition) is 1. The first-order valence-corrected chi connectivity index (χ1v) is 10.6. The van der Waals surface area contributed by atoms with Crippen molar-refractivity contribution in [1.29, 1.82) is 0 Å². The Labute approximate surface area is 152 Å². The number of nitrogens with zero attached hydrogens (tertiary/aromatic N) is 2. The van der Waals surface area contributed by atoms with Crippen LogP contribution < -0.4 is 5.32 Å². The number of benzene rings is 1. The minimum Gasteiger partial charge on any atom is -0.355 e. The SMILES string of the molecule is CS(=O)(=O)N1C2CCC1CC(NC(=O)c1cc(-c3ccccc3)on1)C2. The highest BCUT2D eigenvalue weighted by Crippen LogP contribution is 2.37. The van der Waals surface area contributed by atoms with Crippen molar-refractivity contribution in [3.8, 4) is 11.3 Å². The van der Waals surface area contributed by atoms with Crippen LogP contribution in [0.5, 0.6) is 0 Å². The fourth-order valence-corrected chi connectivity index (χ4v) is 5.64. The summed E-state index contributed by atoms with van der Waals surface area (Å²) in [4.78, 5) is 12.5. The number of hydrogen-bond acceptors (Lipinski definition) is 5. The summed E-state index contributed by atoms with van der Waals surface area (Å²) in [6.07, 6.45) is 4.24. The summed E-state index contributed by atoms with van der Waals surface area (Å²) in [5.41, 5.74) is 1.10. The van der Waals surface area contributed by atoms with Crippen LogP contribution in [0.2, 0.25) is 0 Å². The lowest BCUT2D eigenvalue weighted by molar-refractivity contribution is 0.0900. The van der Waals surface area contributed by atoms with Crippen LogP contribution in [0.4, 0.5) is 0 Å². The molecule has 26 heavy (non-hydrogen) atoms. The van der Waals surface area contributed by atoms with Gasteiger partial charge in [0.15, 0.2) is 11.5 Å². The predicted molar refractivity (Wildman–Crippen MR) is 95.9 cm³/mol. The van der Waals surface area contributed by atoms with Gasteiger partial charge in [0.05, 0.1) is 6.26 Å². The molecule has 4 rings (SSSR count). The van der Waals surface area contributed by atoms with Gasteiger partial charge in [-0.2, -0.15) is 4.31 Å². The molecule has 2 aromatic rings. The molecule has 3 heterocycles. The van der Waals surface area contributed by atoms with Crippen molar-refractivity contribution < 1.29 is 17.7 Å². The van der Waals surface area contributed by atoms with Crippen molar-refractivity contribution >= 4 is 15.9 Å². The van der Waals surface area contributed by atoms with Gasteiger partial charge >= 0.3 is 0 Å². The summed E-state index contributed by atoms with van der Waals surface area (Å²) in [6.45, 7) is 0. The molecule has 1 aromatic carbocycles. The van der Waals surface area contributed by atoms with Crippen LogP contribution >= 0.6 is 0 Å². The Bertz CT molecular complexity index is 896. The van der Waals surface area contributed by atoms with Crippen LogP contribution in [0.1, 0.15) is 36.2 Å². The Kier molecular flexibility index (Phi) is 4.32. The topological polar surface area (TPSA) is 92.5 Å². The van der Waals surface area contributed by atoms with Crippen molar-refractivity contribution in [3.05, 3.63) is 42.1 Å². The highest BCUT2D eigenvalue weighted by atomic mass is 32.2. The molecule has 138 valence electrons. The summed E-state index contributed by atoms with van der Waals surface area (Å²) >= 11 is 0. The zero-order valence-corrected chi connectivity index (χ0v) is 15.3. The van der Waals surface area contributed by atoms with Crippen LogP contribution in [-0.2, 0) is 10.0 Å². The molecule has 1 N–H and O–H groups in total. The maximum atomic E-state index is 12.5. The number of aromatic nitrogens is 1. The molecule has 0 spiro atoms. The third kappa shape index (κ3) is 3.26. The van der Waals surface area contributed by atoms with E-state index in [9.17, 15) is 13.2 Å². The van der Waals surface area contributed by atoms with E-state index < -0.39 is 10.0 Å². The van der Waals surface area contributed by atoms with E-state index in [1.54, 1.807) is 10.4 Å². The largest absolute Gasteiger partial charge is 0.355 e. The third-order valence-electron chi connectivity index (χ3n) is 5.19. The number of piperidine rings is 1. The van der Waals surface area contributed by atoms with Gasteiger partial charge in [-0.15, -0.1) is 0 Å². The fourth-order valence-electron chi connectivity index (χ4n) is 4.17. The maximum Gasteiger partial charge on any atom is 0.273 e. The third-order valence-corrected chi connectivity index (χ3v) is 6.55. The Hall–Kier alpha value is -2.19. The van der Waals surface area contributed by atoms with E-state index in [0.717, 1.165) is 18.4 Å². The molecular formula is C18H21N3O4S. The van der Waals surface area contributed by atoms with E-state index in [0.29, 0.717) is 18.6 Å². The number of sulfonamides is 1. The Morgan fingerprint density at radius 1 is 1.19 bits per heavy atom. The van der Waals surface area contributed by atoms with Gasteiger partial charge in [0.2, 0.25) is 10.0 Å². The second kappa shape index (κ2) is 6.51. The van der Waals surface area contributed by atoms with Crippen molar-refractivity contribution in [2.45, 2.75) is 43.8 Å². The van der Waals surface area contributed by atoms with Gasteiger partial charge < -0.3 is 9.84 Å². The van der Waals surface area contributed by atoms with Gasteiger partial charge in [0.1, 0.15) is 0 Å². The van der Waals surface area contributed by atoms with Crippen molar-refractivity contribution in [1.82, 2.24) is 14.8 Å². The highest BCUT2D eigenvalue weighted by Gasteiger charge is 2.45. The van der Waals surface area contributed by atoms with E-state index in [1.807, 2.05) is 30.3 Å². The zero-order chi connectivity index (χ0) is 18.3.